The van der Waals surface area contributed by atoms with Crippen LogP contribution >= 0.6 is 0 Å². The second-order valence-corrected chi connectivity index (χ2v) is 4.84. The van der Waals surface area contributed by atoms with Crippen LogP contribution in [0.15, 0.2) is 54.7 Å². The summed E-state index contributed by atoms with van der Waals surface area (Å²) in [7, 11) is 0. The van der Waals surface area contributed by atoms with Crippen molar-refractivity contribution in [2.75, 3.05) is 6.61 Å². The molecule has 2 heteroatoms. The summed E-state index contributed by atoms with van der Waals surface area (Å²) in [4.78, 5) is 3.36. The Balaban J connectivity index is 1.90. The molecule has 0 spiro atoms. The average Bonchev–Trinajstić information content (AvgIpc) is 2.90. The van der Waals surface area contributed by atoms with Crippen LogP contribution in [0.2, 0.25) is 0 Å². The van der Waals surface area contributed by atoms with Crippen LogP contribution in [0.25, 0.3) is 10.8 Å². The second kappa shape index (κ2) is 4.25. The van der Waals surface area contributed by atoms with Crippen LogP contribution in [0.5, 0.6) is 0 Å². The van der Waals surface area contributed by atoms with Crippen molar-refractivity contribution >= 4 is 10.8 Å². The van der Waals surface area contributed by atoms with Gasteiger partial charge in [-0.2, -0.15) is 0 Å². The van der Waals surface area contributed by atoms with E-state index in [0.29, 0.717) is 0 Å². The predicted molar refractivity (Wildman–Crippen MR) is 75.8 cm³/mol. The highest BCUT2D eigenvalue weighted by Gasteiger charge is 2.25. The number of rotatable bonds is 1. The van der Waals surface area contributed by atoms with Gasteiger partial charge >= 0.3 is 0 Å². The van der Waals surface area contributed by atoms with Crippen LogP contribution in [0.4, 0.5) is 0 Å². The highest BCUT2D eigenvalue weighted by atomic mass is 16.5. The van der Waals surface area contributed by atoms with Crippen molar-refractivity contribution in [1.82, 2.24) is 4.98 Å². The number of H-pyrrole nitrogens is 1. The number of fused-ring (bicyclic) bond motifs is 2. The van der Waals surface area contributed by atoms with E-state index in [1.54, 1.807) is 0 Å². The fourth-order valence-corrected chi connectivity index (χ4v) is 2.77. The lowest BCUT2D eigenvalue weighted by atomic mass is 9.94. The summed E-state index contributed by atoms with van der Waals surface area (Å²) < 4.78 is 5.94. The highest BCUT2D eigenvalue weighted by molar-refractivity contribution is 5.87. The molecule has 3 aromatic rings. The standard InChI is InChI=1S/C17H14NO/c1-4-8-15-12(5-1)9-10-19-17(15)16-14-7-3-2-6-13(14)11-18-16/h1-8,11,18H,9-10H2. The first-order chi connectivity index (χ1) is 9.43. The number of benzene rings is 2. The van der Waals surface area contributed by atoms with E-state index in [9.17, 15) is 0 Å². The maximum atomic E-state index is 5.94. The van der Waals surface area contributed by atoms with Gasteiger partial charge in [0.05, 0.1) is 12.3 Å². The first-order valence-corrected chi connectivity index (χ1v) is 6.58. The molecule has 4 rings (SSSR count). The first kappa shape index (κ1) is 10.8. The summed E-state index contributed by atoms with van der Waals surface area (Å²) >= 11 is 0. The lowest BCUT2D eigenvalue weighted by Crippen LogP contribution is -2.18. The number of aromatic amines is 1. The Labute approximate surface area is 112 Å². The summed E-state index contributed by atoms with van der Waals surface area (Å²) in [5.74, 6) is 0. The molecule has 19 heavy (non-hydrogen) atoms. The molecule has 1 aromatic heterocycles. The van der Waals surface area contributed by atoms with Gasteiger partial charge in [0.15, 0.2) is 6.10 Å². The van der Waals surface area contributed by atoms with Gasteiger partial charge in [-0.3, -0.25) is 0 Å². The zero-order valence-corrected chi connectivity index (χ0v) is 10.5. The van der Waals surface area contributed by atoms with E-state index in [1.165, 1.54) is 21.9 Å². The molecule has 1 aliphatic rings. The summed E-state index contributed by atoms with van der Waals surface area (Å²) in [6, 6.07) is 16.9. The normalized spacial score (nSPS) is 15.6. The van der Waals surface area contributed by atoms with Gasteiger partial charge in [-0.25, -0.2) is 0 Å². The summed E-state index contributed by atoms with van der Waals surface area (Å²) in [5.41, 5.74) is 3.66. The fourth-order valence-electron chi connectivity index (χ4n) is 2.77. The second-order valence-electron chi connectivity index (χ2n) is 4.84. The zero-order valence-electron chi connectivity index (χ0n) is 10.5. The van der Waals surface area contributed by atoms with Crippen molar-refractivity contribution in [3.05, 3.63) is 77.7 Å². The third-order valence-electron chi connectivity index (χ3n) is 3.71. The van der Waals surface area contributed by atoms with E-state index in [4.69, 9.17) is 4.74 Å². The van der Waals surface area contributed by atoms with Crippen LogP contribution in [0.1, 0.15) is 16.8 Å². The van der Waals surface area contributed by atoms with E-state index in [2.05, 4.69) is 53.5 Å². The molecular formula is C17H14NO. The highest BCUT2D eigenvalue weighted by Crippen LogP contribution is 2.34. The third-order valence-corrected chi connectivity index (χ3v) is 3.71. The summed E-state index contributed by atoms with van der Waals surface area (Å²) in [5, 5.41) is 2.44. The molecule has 0 aliphatic carbocycles. The lowest BCUT2D eigenvalue weighted by Gasteiger charge is -2.24. The van der Waals surface area contributed by atoms with E-state index < -0.39 is 0 Å². The zero-order chi connectivity index (χ0) is 12.7. The van der Waals surface area contributed by atoms with E-state index >= 15 is 0 Å². The molecule has 0 atom stereocenters. The Morgan fingerprint density at radius 2 is 1.79 bits per heavy atom. The number of nitrogens with one attached hydrogen (secondary N) is 1. The van der Waals surface area contributed by atoms with Crippen molar-refractivity contribution in [3.8, 4) is 0 Å². The predicted octanol–water partition coefficient (Wildman–Crippen LogP) is 3.67. The monoisotopic (exact) mass is 248 g/mol. The molecule has 2 aromatic carbocycles. The van der Waals surface area contributed by atoms with Crippen molar-refractivity contribution in [2.45, 2.75) is 6.42 Å². The average molecular weight is 248 g/mol. The number of aromatic nitrogens is 1. The van der Waals surface area contributed by atoms with Gasteiger partial charge in [-0.15, -0.1) is 0 Å². The molecule has 0 amide bonds. The molecule has 0 bridgehead atoms. The molecule has 0 saturated carbocycles. The largest absolute Gasteiger partial charge is 0.361 e. The third kappa shape index (κ3) is 1.68. The van der Waals surface area contributed by atoms with E-state index in [-0.39, 0.29) is 0 Å². The smallest absolute Gasteiger partial charge is 0.172 e. The van der Waals surface area contributed by atoms with Crippen LogP contribution in [0.3, 0.4) is 0 Å². The van der Waals surface area contributed by atoms with Gasteiger partial charge in [-0.1, -0.05) is 48.5 Å². The molecule has 0 unspecified atom stereocenters. The minimum absolute atomic E-state index is 0.750. The van der Waals surface area contributed by atoms with E-state index in [1.807, 2.05) is 6.20 Å². The molecule has 0 saturated heterocycles. The Bertz CT molecular complexity index is 729. The molecular weight excluding hydrogens is 234 g/mol. The van der Waals surface area contributed by atoms with Crippen molar-refractivity contribution in [2.24, 2.45) is 0 Å². The molecule has 2 nitrogen and oxygen atoms in total. The van der Waals surface area contributed by atoms with Gasteiger partial charge in [0.25, 0.3) is 0 Å². The molecule has 1 N–H and O–H groups in total. The van der Waals surface area contributed by atoms with Crippen LogP contribution < -0.4 is 0 Å². The quantitative estimate of drug-likeness (QED) is 0.698. The maximum absolute atomic E-state index is 5.94. The molecule has 0 fully saturated rings. The van der Waals surface area contributed by atoms with Crippen LogP contribution in [-0.4, -0.2) is 11.6 Å². The molecule has 93 valence electrons. The number of hydrogen-bond acceptors (Lipinski definition) is 1. The minimum atomic E-state index is 0.750. The van der Waals surface area contributed by atoms with Gasteiger partial charge in [0, 0.05) is 11.6 Å². The van der Waals surface area contributed by atoms with Gasteiger partial charge < -0.3 is 9.72 Å². The van der Waals surface area contributed by atoms with Gasteiger partial charge in [0.2, 0.25) is 0 Å². The van der Waals surface area contributed by atoms with E-state index in [0.717, 1.165) is 24.8 Å². The Morgan fingerprint density at radius 3 is 2.79 bits per heavy atom. The minimum Gasteiger partial charge on any atom is -0.361 e. The first-order valence-electron chi connectivity index (χ1n) is 6.58. The fraction of sp³-hybridized carbons (Fsp3) is 0.118. The SMILES string of the molecule is c1ccc2c(c1)CCO[C]2c1[nH]cc2ccccc12. The lowest BCUT2D eigenvalue weighted by molar-refractivity contribution is 0.165. The molecule has 2 heterocycles. The Morgan fingerprint density at radius 1 is 0.947 bits per heavy atom. The Kier molecular flexibility index (Phi) is 2.42. The van der Waals surface area contributed by atoms with Crippen molar-refractivity contribution < 1.29 is 4.74 Å². The molecule has 1 aliphatic heterocycles. The molecule has 1 radical (unpaired) electrons. The number of ether oxygens (including phenoxy) is 1. The van der Waals surface area contributed by atoms with Gasteiger partial charge in [0.1, 0.15) is 0 Å². The van der Waals surface area contributed by atoms with Gasteiger partial charge in [-0.05, 0) is 22.9 Å². The maximum Gasteiger partial charge on any atom is 0.172 e. The van der Waals surface area contributed by atoms with Crippen LogP contribution in [-0.2, 0) is 11.2 Å². The van der Waals surface area contributed by atoms with Crippen molar-refractivity contribution in [3.63, 3.8) is 0 Å². The summed E-state index contributed by atoms with van der Waals surface area (Å²) in [6.45, 7) is 0.750. The summed E-state index contributed by atoms with van der Waals surface area (Å²) in [6.07, 6.45) is 4.00. The van der Waals surface area contributed by atoms with Crippen molar-refractivity contribution in [1.29, 1.82) is 0 Å². The topological polar surface area (TPSA) is 25.0 Å². The number of hydrogen-bond donors (Lipinski definition) is 1. The van der Waals surface area contributed by atoms with Crippen LogP contribution in [0, 0.1) is 6.10 Å². The Hall–Kier alpha value is -2.06.